The van der Waals surface area contributed by atoms with Crippen LogP contribution in [0.15, 0.2) is 59.6 Å². The number of rotatable bonds is 10. The fourth-order valence-electron chi connectivity index (χ4n) is 2.75. The molecule has 0 spiro atoms. The molecule has 0 aliphatic rings. The van der Waals surface area contributed by atoms with Crippen molar-refractivity contribution in [3.8, 4) is 5.75 Å². The summed E-state index contributed by atoms with van der Waals surface area (Å²) in [7, 11) is 0. The monoisotopic (exact) mass is 418 g/mol. The first-order valence-electron chi connectivity index (χ1n) is 9.29. The topological polar surface area (TPSA) is 91.2 Å². The molecule has 6 nitrogen and oxygen atoms in total. The summed E-state index contributed by atoms with van der Waals surface area (Å²) in [4.78, 5) is 15.6. The van der Waals surface area contributed by atoms with Gasteiger partial charge in [-0.2, -0.15) is 8.78 Å². The second-order valence-corrected chi connectivity index (χ2v) is 6.44. The highest BCUT2D eigenvalue weighted by Gasteiger charge is 2.18. The Hall–Kier alpha value is -3.26. The van der Waals surface area contributed by atoms with Gasteiger partial charge in [0.05, 0.1) is 6.61 Å². The quantitative estimate of drug-likeness (QED) is 0.498. The average molecular weight is 418 g/mol. The number of ether oxygens (including phenoxy) is 1. The normalized spacial score (nSPS) is 14.0. The minimum Gasteiger partial charge on any atom is -0.481 e. The fraction of sp³-hybridized carbons (Fsp3) is 0.273. The van der Waals surface area contributed by atoms with Gasteiger partial charge in [0.1, 0.15) is 17.8 Å². The van der Waals surface area contributed by atoms with Crippen LogP contribution in [0.4, 0.5) is 14.5 Å². The molecule has 160 valence electrons. The number of carboxylic acid groups (broad SMARTS) is 1. The van der Waals surface area contributed by atoms with E-state index in [1.54, 1.807) is 42.6 Å². The van der Waals surface area contributed by atoms with Gasteiger partial charge < -0.3 is 20.3 Å². The summed E-state index contributed by atoms with van der Waals surface area (Å²) in [6.07, 6.45) is 3.26. The number of carbonyl (C=O) groups is 1. The van der Waals surface area contributed by atoms with Crippen molar-refractivity contribution >= 4 is 23.4 Å². The molecule has 2 rings (SSSR count). The summed E-state index contributed by atoms with van der Waals surface area (Å²) >= 11 is 0. The Morgan fingerprint density at radius 2 is 1.80 bits per heavy atom. The number of allylic oxidation sites excluding steroid dienone is 2. The average Bonchev–Trinajstić information content (AvgIpc) is 2.70. The van der Waals surface area contributed by atoms with E-state index >= 15 is 0 Å². The second-order valence-electron chi connectivity index (χ2n) is 6.44. The molecule has 0 aromatic heterocycles. The van der Waals surface area contributed by atoms with Crippen molar-refractivity contribution < 1.29 is 28.5 Å². The van der Waals surface area contributed by atoms with Gasteiger partial charge in [-0.15, -0.1) is 0 Å². The van der Waals surface area contributed by atoms with Crippen molar-refractivity contribution in [3.05, 3.63) is 65.7 Å². The molecule has 0 radical (unpaired) electrons. The van der Waals surface area contributed by atoms with E-state index in [1.807, 2.05) is 19.9 Å². The third kappa shape index (κ3) is 6.66. The summed E-state index contributed by atoms with van der Waals surface area (Å²) in [6.45, 7) is 0.370. The van der Waals surface area contributed by atoms with Crippen molar-refractivity contribution in [1.82, 2.24) is 0 Å². The van der Waals surface area contributed by atoms with Crippen LogP contribution in [0.2, 0.25) is 0 Å². The summed E-state index contributed by atoms with van der Waals surface area (Å²) in [5, 5.41) is 21.5. The molecule has 0 aliphatic heterocycles. The first-order chi connectivity index (χ1) is 14.3. The van der Waals surface area contributed by atoms with Crippen molar-refractivity contribution in [2.45, 2.75) is 32.5 Å². The molecule has 0 fully saturated rings. The van der Waals surface area contributed by atoms with E-state index < -0.39 is 25.1 Å². The number of aliphatic imine (C=N–C) groups is 1. The van der Waals surface area contributed by atoms with Crippen LogP contribution < -0.4 is 10.1 Å². The van der Waals surface area contributed by atoms with E-state index in [0.717, 1.165) is 16.8 Å². The van der Waals surface area contributed by atoms with Crippen LogP contribution >= 0.6 is 0 Å². The highest BCUT2D eigenvalue weighted by Crippen LogP contribution is 2.21. The maximum atomic E-state index is 12.3. The summed E-state index contributed by atoms with van der Waals surface area (Å²) < 4.78 is 28.8. The lowest BCUT2D eigenvalue weighted by Gasteiger charge is -2.14. The van der Waals surface area contributed by atoms with Crippen molar-refractivity contribution in [2.75, 3.05) is 11.9 Å². The number of nitrogens with zero attached hydrogens (tertiary/aromatic N) is 1. The van der Waals surface area contributed by atoms with Crippen LogP contribution in [0.3, 0.4) is 0 Å². The maximum absolute atomic E-state index is 12.3. The molecule has 2 aromatic rings. The minimum atomic E-state index is -2.86. The molecular weight excluding hydrogens is 394 g/mol. The Morgan fingerprint density at radius 1 is 1.17 bits per heavy atom. The van der Waals surface area contributed by atoms with E-state index in [2.05, 4.69) is 15.0 Å². The highest BCUT2D eigenvalue weighted by molar-refractivity contribution is 6.09. The summed E-state index contributed by atoms with van der Waals surface area (Å²) in [5.74, 6) is -1.95. The lowest BCUT2D eigenvalue weighted by molar-refractivity contribution is -0.139. The molecular formula is C22H24F2N2O4. The summed E-state index contributed by atoms with van der Waals surface area (Å²) in [5.41, 5.74) is 2.89. The number of carboxylic acids is 1. The van der Waals surface area contributed by atoms with Gasteiger partial charge >= 0.3 is 12.6 Å². The molecule has 0 amide bonds. The number of hydrogen-bond donors (Lipinski definition) is 3. The van der Waals surface area contributed by atoms with Gasteiger partial charge in [0.25, 0.3) is 0 Å². The van der Waals surface area contributed by atoms with Crippen molar-refractivity contribution in [2.24, 2.45) is 4.99 Å². The highest BCUT2D eigenvalue weighted by atomic mass is 19.3. The lowest BCUT2D eigenvalue weighted by atomic mass is 10.00. The molecule has 0 bridgehead atoms. The minimum absolute atomic E-state index is 0.0889. The third-order valence-electron chi connectivity index (χ3n) is 4.33. The van der Waals surface area contributed by atoms with E-state index in [1.165, 1.54) is 12.1 Å². The molecule has 2 aromatic carbocycles. The number of anilines is 1. The number of alkyl halides is 2. The van der Waals surface area contributed by atoms with Crippen LogP contribution in [0.1, 0.15) is 30.9 Å². The standard InChI is InChI=1S/C22H24F2N2O4/c1-3-15(16-6-10-19(11-7-16)30-22(23)24)12-25-14(2)26-18-8-4-17(5-9-18)20(13-27)21(28)29/h3-12,14,20,22,26-27H,13H2,1-2H3,(H,28,29)/b15-3+,25-12?. The zero-order valence-electron chi connectivity index (χ0n) is 16.6. The Balaban J connectivity index is 2.00. The zero-order chi connectivity index (χ0) is 22.1. The van der Waals surface area contributed by atoms with Crippen molar-refractivity contribution in [3.63, 3.8) is 0 Å². The number of hydrogen-bond acceptors (Lipinski definition) is 5. The van der Waals surface area contributed by atoms with Gasteiger partial charge in [-0.1, -0.05) is 30.3 Å². The van der Waals surface area contributed by atoms with Gasteiger partial charge in [-0.25, -0.2) is 0 Å². The Bertz CT molecular complexity index is 881. The SMILES string of the molecule is C/C=C(\C=NC(C)Nc1ccc(C(CO)C(=O)O)cc1)c1ccc(OC(F)F)cc1. The molecule has 0 aliphatic carbocycles. The van der Waals surface area contributed by atoms with Crippen LogP contribution in [0.5, 0.6) is 5.75 Å². The van der Waals surface area contributed by atoms with Gasteiger partial charge in [-0.05, 0) is 54.8 Å². The van der Waals surface area contributed by atoms with Gasteiger partial charge in [0.15, 0.2) is 0 Å². The summed E-state index contributed by atoms with van der Waals surface area (Å²) in [6, 6.07) is 13.0. The predicted molar refractivity (Wildman–Crippen MR) is 112 cm³/mol. The largest absolute Gasteiger partial charge is 0.481 e. The molecule has 0 heterocycles. The van der Waals surface area contributed by atoms with E-state index in [0.29, 0.717) is 5.56 Å². The van der Waals surface area contributed by atoms with Crippen LogP contribution in [-0.2, 0) is 4.79 Å². The van der Waals surface area contributed by atoms with E-state index in [9.17, 15) is 18.7 Å². The van der Waals surface area contributed by atoms with Gasteiger partial charge in [-0.3, -0.25) is 9.79 Å². The molecule has 2 atom stereocenters. The maximum Gasteiger partial charge on any atom is 0.387 e. The molecule has 8 heteroatoms. The molecule has 2 unspecified atom stereocenters. The second kappa shape index (κ2) is 11.1. The van der Waals surface area contributed by atoms with Gasteiger partial charge in [0.2, 0.25) is 0 Å². The first kappa shape index (κ1) is 23.0. The smallest absolute Gasteiger partial charge is 0.387 e. The van der Waals surface area contributed by atoms with E-state index in [4.69, 9.17) is 5.11 Å². The van der Waals surface area contributed by atoms with E-state index in [-0.39, 0.29) is 11.9 Å². The van der Waals surface area contributed by atoms with Crippen LogP contribution in [0.25, 0.3) is 5.57 Å². The Labute approximate surface area is 173 Å². The number of nitrogens with one attached hydrogen (secondary N) is 1. The molecule has 0 saturated heterocycles. The number of aliphatic hydroxyl groups excluding tert-OH is 1. The third-order valence-corrected chi connectivity index (χ3v) is 4.33. The lowest BCUT2D eigenvalue weighted by Crippen LogP contribution is -2.16. The number of aliphatic carboxylic acids is 1. The fourth-order valence-corrected chi connectivity index (χ4v) is 2.75. The predicted octanol–water partition coefficient (Wildman–Crippen LogP) is 4.38. The van der Waals surface area contributed by atoms with Gasteiger partial charge in [0, 0.05) is 11.9 Å². The van der Waals surface area contributed by atoms with Crippen LogP contribution in [-0.4, -0.2) is 41.8 Å². The molecule has 0 saturated carbocycles. The first-order valence-corrected chi connectivity index (χ1v) is 9.29. The van der Waals surface area contributed by atoms with Crippen LogP contribution in [0, 0.1) is 0 Å². The van der Waals surface area contributed by atoms with Crippen molar-refractivity contribution in [1.29, 1.82) is 0 Å². The molecule has 30 heavy (non-hydrogen) atoms. The molecule has 3 N–H and O–H groups in total. The number of halogens is 2. The number of aliphatic hydroxyl groups is 1. The Morgan fingerprint density at radius 3 is 2.30 bits per heavy atom. The zero-order valence-corrected chi connectivity index (χ0v) is 16.6. The Kier molecular flexibility index (Phi) is 8.49. The number of benzene rings is 2.